The third-order valence-corrected chi connectivity index (χ3v) is 7.00. The molecule has 8 heteroatoms. The van der Waals surface area contributed by atoms with Crippen molar-refractivity contribution in [3.8, 4) is 11.8 Å². The Labute approximate surface area is 201 Å². The molecule has 34 heavy (non-hydrogen) atoms. The van der Waals surface area contributed by atoms with Crippen molar-refractivity contribution >= 4 is 11.8 Å². The Kier molecular flexibility index (Phi) is 8.11. The molecule has 2 N–H and O–H groups in total. The number of benzene rings is 1. The topological polar surface area (TPSA) is 96.5 Å². The first-order chi connectivity index (χ1) is 16.6. The average Bonchev–Trinajstić information content (AvgIpc) is 3.38. The van der Waals surface area contributed by atoms with E-state index in [1.54, 1.807) is 13.2 Å². The van der Waals surface area contributed by atoms with Gasteiger partial charge in [0.2, 0.25) is 11.8 Å². The summed E-state index contributed by atoms with van der Waals surface area (Å²) in [5.74, 6) is 0.688. The molecule has 1 saturated heterocycles. The van der Waals surface area contributed by atoms with Crippen molar-refractivity contribution in [1.29, 1.82) is 0 Å². The second kappa shape index (κ2) is 11.4. The monoisotopic (exact) mass is 465 g/mol. The fourth-order valence-electron chi connectivity index (χ4n) is 4.96. The van der Waals surface area contributed by atoms with E-state index in [-0.39, 0.29) is 35.8 Å². The Morgan fingerprint density at radius 1 is 1.06 bits per heavy atom. The molecule has 2 fully saturated rings. The van der Waals surface area contributed by atoms with E-state index in [1.807, 2.05) is 48.2 Å². The molecular weight excluding hydrogens is 430 g/mol. The van der Waals surface area contributed by atoms with Gasteiger partial charge >= 0.3 is 6.01 Å². The number of hydrogen-bond donors (Lipinski definition) is 2. The van der Waals surface area contributed by atoms with E-state index in [1.165, 1.54) is 6.42 Å². The first-order valence-electron chi connectivity index (χ1n) is 12.4. The van der Waals surface area contributed by atoms with Crippen LogP contribution in [0.2, 0.25) is 0 Å². The maximum Gasteiger partial charge on any atom is 0.322 e. The highest BCUT2D eigenvalue weighted by Gasteiger charge is 2.39. The number of rotatable bonds is 8. The second-order valence-corrected chi connectivity index (χ2v) is 9.26. The van der Waals surface area contributed by atoms with Crippen molar-refractivity contribution in [2.24, 2.45) is 5.92 Å². The van der Waals surface area contributed by atoms with Crippen LogP contribution in [-0.4, -0.2) is 52.4 Å². The Morgan fingerprint density at radius 2 is 1.82 bits per heavy atom. The number of para-hydroxylation sites is 1. The Balaban J connectivity index is 1.53. The van der Waals surface area contributed by atoms with E-state index in [9.17, 15) is 9.59 Å². The standard InChI is InChI=1S/C26H35N5O3/c1-18(27-2)24(32)30-23(19-10-5-3-6-11-19)25(33)31-17-9-14-22(31)21-15-16-28-26(29-21)34-20-12-7-4-8-13-20/h4,7-8,12-13,15-16,18-19,22-23,27H,3,5-6,9-11,14,17H2,1-2H3,(H,30,32)/t18-,22-,23-/m0/s1. The van der Waals surface area contributed by atoms with Crippen LogP contribution in [0.4, 0.5) is 0 Å². The Morgan fingerprint density at radius 3 is 2.56 bits per heavy atom. The SMILES string of the molecule is CN[C@@H](C)C(=O)N[C@H](C(=O)N1CCC[C@H]1c1ccnc(Oc2ccccc2)n1)C1CCCCC1. The normalized spacial score (nSPS) is 20.5. The summed E-state index contributed by atoms with van der Waals surface area (Å²) < 4.78 is 5.82. The third-order valence-electron chi connectivity index (χ3n) is 7.00. The zero-order valence-electron chi connectivity index (χ0n) is 20.1. The quantitative estimate of drug-likeness (QED) is 0.618. The molecule has 2 aliphatic rings. The largest absolute Gasteiger partial charge is 0.424 e. The van der Waals surface area contributed by atoms with Crippen molar-refractivity contribution in [2.75, 3.05) is 13.6 Å². The molecule has 1 aromatic carbocycles. The zero-order chi connectivity index (χ0) is 23.9. The van der Waals surface area contributed by atoms with Gasteiger partial charge in [0.25, 0.3) is 0 Å². The van der Waals surface area contributed by atoms with E-state index in [0.29, 0.717) is 12.3 Å². The number of carbonyl (C=O) groups is 2. The number of aromatic nitrogens is 2. The molecule has 182 valence electrons. The lowest BCUT2D eigenvalue weighted by atomic mass is 9.83. The molecule has 0 bridgehead atoms. The molecule has 0 radical (unpaired) electrons. The van der Waals surface area contributed by atoms with Crippen molar-refractivity contribution in [2.45, 2.75) is 70.0 Å². The second-order valence-electron chi connectivity index (χ2n) is 9.26. The Hall–Kier alpha value is -3.00. The van der Waals surface area contributed by atoms with Crippen molar-refractivity contribution in [3.63, 3.8) is 0 Å². The number of hydrogen-bond acceptors (Lipinski definition) is 6. The van der Waals surface area contributed by atoms with Gasteiger partial charge in [0.05, 0.1) is 17.8 Å². The number of likely N-dealkylation sites (N-methyl/N-ethyl adjacent to an activating group) is 1. The van der Waals surface area contributed by atoms with Crippen molar-refractivity contribution < 1.29 is 14.3 Å². The predicted molar refractivity (Wildman–Crippen MR) is 129 cm³/mol. The smallest absolute Gasteiger partial charge is 0.322 e. The molecule has 1 aromatic heterocycles. The number of nitrogens with one attached hydrogen (secondary N) is 2. The molecule has 2 aromatic rings. The van der Waals surface area contributed by atoms with Gasteiger partial charge in [-0.2, -0.15) is 4.98 Å². The van der Waals surface area contributed by atoms with Gasteiger partial charge in [0.1, 0.15) is 11.8 Å². The van der Waals surface area contributed by atoms with Gasteiger partial charge in [-0.1, -0.05) is 37.5 Å². The van der Waals surface area contributed by atoms with Gasteiger partial charge in [-0.25, -0.2) is 4.98 Å². The summed E-state index contributed by atoms with van der Waals surface area (Å²) in [5.41, 5.74) is 0.768. The maximum atomic E-state index is 13.9. The summed E-state index contributed by atoms with van der Waals surface area (Å²) in [4.78, 5) is 37.4. The van der Waals surface area contributed by atoms with Crippen LogP contribution in [0.3, 0.4) is 0 Å². The van der Waals surface area contributed by atoms with E-state index in [2.05, 4.69) is 20.6 Å². The number of carbonyl (C=O) groups excluding carboxylic acids is 2. The molecular formula is C26H35N5O3. The minimum Gasteiger partial charge on any atom is -0.424 e. The predicted octanol–water partition coefficient (Wildman–Crippen LogP) is 3.61. The summed E-state index contributed by atoms with van der Waals surface area (Å²) in [6.45, 7) is 2.47. The van der Waals surface area contributed by atoms with Crippen molar-refractivity contribution in [1.82, 2.24) is 25.5 Å². The van der Waals surface area contributed by atoms with Crippen LogP contribution in [0.1, 0.15) is 63.6 Å². The van der Waals surface area contributed by atoms with Crippen molar-refractivity contribution in [3.05, 3.63) is 48.3 Å². The van der Waals surface area contributed by atoms with E-state index in [4.69, 9.17) is 4.74 Å². The van der Waals surface area contributed by atoms with Crippen LogP contribution in [0.25, 0.3) is 0 Å². The summed E-state index contributed by atoms with van der Waals surface area (Å²) in [7, 11) is 1.75. The van der Waals surface area contributed by atoms with Gasteiger partial charge in [-0.15, -0.1) is 0 Å². The first-order valence-corrected chi connectivity index (χ1v) is 12.4. The number of amides is 2. The zero-order valence-corrected chi connectivity index (χ0v) is 20.1. The summed E-state index contributed by atoms with van der Waals surface area (Å²) in [6.07, 6.45) is 8.71. The lowest BCUT2D eigenvalue weighted by molar-refractivity contribution is -0.139. The molecule has 2 heterocycles. The molecule has 1 saturated carbocycles. The van der Waals surface area contributed by atoms with Gasteiger partial charge in [-0.05, 0) is 63.8 Å². The Bertz CT molecular complexity index is 964. The minimum atomic E-state index is -0.508. The summed E-state index contributed by atoms with van der Waals surface area (Å²) in [5, 5.41) is 6.05. The molecule has 1 aliphatic carbocycles. The fourth-order valence-corrected chi connectivity index (χ4v) is 4.96. The van der Waals surface area contributed by atoms with Crippen LogP contribution < -0.4 is 15.4 Å². The first kappa shape index (κ1) is 24.1. The number of nitrogens with zero attached hydrogens (tertiary/aromatic N) is 3. The molecule has 4 rings (SSSR count). The number of ether oxygens (including phenoxy) is 1. The molecule has 1 aliphatic heterocycles. The fraction of sp³-hybridized carbons (Fsp3) is 0.538. The third kappa shape index (κ3) is 5.73. The van der Waals surface area contributed by atoms with Gasteiger partial charge < -0.3 is 20.3 Å². The van der Waals surface area contributed by atoms with E-state index < -0.39 is 6.04 Å². The maximum absolute atomic E-state index is 13.9. The van der Waals surface area contributed by atoms with Crippen LogP contribution in [-0.2, 0) is 9.59 Å². The van der Waals surface area contributed by atoms with E-state index >= 15 is 0 Å². The number of likely N-dealkylation sites (tertiary alicyclic amines) is 1. The molecule has 3 atom stereocenters. The summed E-state index contributed by atoms with van der Waals surface area (Å²) in [6, 6.07) is 10.5. The minimum absolute atomic E-state index is 0.00445. The van der Waals surface area contributed by atoms with Crippen LogP contribution in [0, 0.1) is 5.92 Å². The molecule has 2 amide bonds. The van der Waals surface area contributed by atoms with Crippen LogP contribution in [0.5, 0.6) is 11.8 Å². The summed E-state index contributed by atoms with van der Waals surface area (Å²) >= 11 is 0. The highest BCUT2D eigenvalue weighted by atomic mass is 16.5. The molecule has 0 spiro atoms. The van der Waals surface area contributed by atoms with Crippen LogP contribution >= 0.6 is 0 Å². The highest BCUT2D eigenvalue weighted by molar-refractivity contribution is 5.90. The molecule has 0 unspecified atom stereocenters. The lowest BCUT2D eigenvalue weighted by Gasteiger charge is -2.35. The van der Waals surface area contributed by atoms with Gasteiger partial charge in [0.15, 0.2) is 0 Å². The van der Waals surface area contributed by atoms with Crippen LogP contribution in [0.15, 0.2) is 42.6 Å². The van der Waals surface area contributed by atoms with Gasteiger partial charge in [0, 0.05) is 12.7 Å². The van der Waals surface area contributed by atoms with E-state index in [0.717, 1.165) is 44.2 Å². The molecule has 8 nitrogen and oxygen atoms in total. The van der Waals surface area contributed by atoms with Gasteiger partial charge in [-0.3, -0.25) is 9.59 Å². The lowest BCUT2D eigenvalue weighted by Crippen LogP contribution is -2.55. The highest BCUT2D eigenvalue weighted by Crippen LogP contribution is 2.35. The average molecular weight is 466 g/mol.